The fourth-order valence-corrected chi connectivity index (χ4v) is 3.66. The van der Waals surface area contributed by atoms with Crippen molar-refractivity contribution in [2.75, 3.05) is 17.2 Å². The van der Waals surface area contributed by atoms with Gasteiger partial charge in [-0.25, -0.2) is 4.39 Å². The average Bonchev–Trinajstić information content (AvgIpc) is 2.90. The molecule has 0 saturated carbocycles. The lowest BCUT2D eigenvalue weighted by Gasteiger charge is -2.16. The number of amides is 1. The quantitative estimate of drug-likeness (QED) is 0.230. The Bertz CT molecular complexity index is 1610. The molecule has 1 amide bonds. The Morgan fingerprint density at radius 2 is 2.03 bits per heavy atom. The normalized spacial score (nSPS) is 10.9. The summed E-state index contributed by atoms with van der Waals surface area (Å²) >= 11 is 5.92. The van der Waals surface area contributed by atoms with E-state index in [0.717, 1.165) is 0 Å². The fraction of sp³-hybridized carbons (Fsp3) is 0.0741. The van der Waals surface area contributed by atoms with E-state index in [0.29, 0.717) is 40.3 Å². The van der Waals surface area contributed by atoms with Gasteiger partial charge in [0.1, 0.15) is 29.3 Å². The standard InChI is InChI=1S/C27H18ClFN6O2/c1-2-37-25-12-23-20(11-24(25)35-27(36)16(13-30)9-18-5-3-4-8-32-18)26(17(14-31)15-33-23)34-19-6-7-22(29)21(28)10-19/h3-12,15H,2H2,1H3,(H,33,34)(H,35,36). The molecule has 0 saturated heterocycles. The second-order valence-electron chi connectivity index (χ2n) is 7.59. The third kappa shape index (κ3) is 5.64. The van der Waals surface area contributed by atoms with E-state index in [1.807, 2.05) is 6.07 Å². The zero-order valence-electron chi connectivity index (χ0n) is 19.4. The van der Waals surface area contributed by atoms with Gasteiger partial charge in [-0.3, -0.25) is 14.8 Å². The number of rotatable bonds is 7. The van der Waals surface area contributed by atoms with Gasteiger partial charge in [0.25, 0.3) is 5.91 Å². The van der Waals surface area contributed by atoms with Gasteiger partial charge in [0, 0.05) is 29.5 Å². The van der Waals surface area contributed by atoms with Crippen LogP contribution in [0.15, 0.2) is 66.5 Å². The first-order valence-electron chi connectivity index (χ1n) is 11.0. The maximum Gasteiger partial charge on any atom is 0.266 e. The summed E-state index contributed by atoms with van der Waals surface area (Å²) in [6.45, 7) is 2.09. The lowest BCUT2D eigenvalue weighted by molar-refractivity contribution is -0.112. The van der Waals surface area contributed by atoms with E-state index in [1.165, 1.54) is 30.5 Å². The lowest BCUT2D eigenvalue weighted by atomic mass is 10.1. The number of halogens is 2. The lowest BCUT2D eigenvalue weighted by Crippen LogP contribution is -2.15. The van der Waals surface area contributed by atoms with Crippen molar-refractivity contribution >= 4 is 51.5 Å². The molecule has 182 valence electrons. The highest BCUT2D eigenvalue weighted by Crippen LogP contribution is 2.36. The van der Waals surface area contributed by atoms with E-state index in [2.05, 4.69) is 26.7 Å². The Balaban J connectivity index is 1.79. The minimum Gasteiger partial charge on any atom is -0.492 e. The Morgan fingerprint density at radius 1 is 1.19 bits per heavy atom. The Labute approximate surface area is 216 Å². The molecule has 0 spiro atoms. The van der Waals surface area contributed by atoms with Crippen molar-refractivity contribution < 1.29 is 13.9 Å². The SMILES string of the molecule is CCOc1cc2ncc(C#N)c(Nc3ccc(F)c(Cl)c3)c2cc1NC(=O)C(C#N)=Cc1ccccn1. The highest BCUT2D eigenvalue weighted by molar-refractivity contribution is 6.31. The third-order valence-electron chi connectivity index (χ3n) is 5.17. The van der Waals surface area contributed by atoms with Crippen LogP contribution in [-0.2, 0) is 4.79 Å². The predicted molar refractivity (Wildman–Crippen MR) is 139 cm³/mol. The molecule has 2 heterocycles. The molecule has 0 aliphatic heterocycles. The highest BCUT2D eigenvalue weighted by Gasteiger charge is 2.18. The average molecular weight is 513 g/mol. The summed E-state index contributed by atoms with van der Waals surface area (Å²) in [5.41, 5.74) is 2.05. The Kier molecular flexibility index (Phi) is 7.58. The summed E-state index contributed by atoms with van der Waals surface area (Å²) < 4.78 is 19.4. The summed E-state index contributed by atoms with van der Waals surface area (Å²) in [4.78, 5) is 21.4. The number of ether oxygens (including phenoxy) is 1. The Morgan fingerprint density at radius 3 is 2.70 bits per heavy atom. The van der Waals surface area contributed by atoms with Crippen molar-refractivity contribution in [3.63, 3.8) is 0 Å². The molecule has 37 heavy (non-hydrogen) atoms. The van der Waals surface area contributed by atoms with Crippen LogP contribution < -0.4 is 15.4 Å². The van der Waals surface area contributed by atoms with Crippen molar-refractivity contribution in [3.8, 4) is 17.9 Å². The van der Waals surface area contributed by atoms with Crippen molar-refractivity contribution in [3.05, 3.63) is 88.6 Å². The largest absolute Gasteiger partial charge is 0.492 e. The second kappa shape index (κ2) is 11.2. The number of pyridine rings is 2. The zero-order valence-corrected chi connectivity index (χ0v) is 20.2. The van der Waals surface area contributed by atoms with Crippen LogP contribution in [0.5, 0.6) is 5.75 Å². The monoisotopic (exact) mass is 512 g/mol. The number of anilines is 3. The number of carbonyl (C=O) groups excluding carboxylic acids is 1. The second-order valence-corrected chi connectivity index (χ2v) is 8.00. The zero-order chi connectivity index (χ0) is 26.4. The maximum atomic E-state index is 13.7. The molecule has 0 aliphatic carbocycles. The number of aromatic nitrogens is 2. The predicted octanol–water partition coefficient (Wildman–Crippen LogP) is 5.98. The number of nitrogens with one attached hydrogen (secondary N) is 2. The van der Waals surface area contributed by atoms with Crippen molar-refractivity contribution in [1.29, 1.82) is 10.5 Å². The minimum atomic E-state index is -0.669. The molecular formula is C27H18ClFN6O2. The van der Waals surface area contributed by atoms with Crippen LogP contribution in [0.1, 0.15) is 18.2 Å². The minimum absolute atomic E-state index is 0.0859. The van der Waals surface area contributed by atoms with Gasteiger partial charge in [0.05, 0.1) is 39.8 Å². The first-order valence-corrected chi connectivity index (χ1v) is 11.4. The van der Waals surface area contributed by atoms with Gasteiger partial charge >= 0.3 is 0 Å². The van der Waals surface area contributed by atoms with Gasteiger partial charge in [-0.15, -0.1) is 0 Å². The van der Waals surface area contributed by atoms with E-state index in [9.17, 15) is 19.7 Å². The molecule has 4 aromatic rings. The molecule has 0 radical (unpaired) electrons. The topological polar surface area (TPSA) is 124 Å². The molecule has 0 atom stereocenters. The van der Waals surface area contributed by atoms with E-state index in [1.54, 1.807) is 43.5 Å². The first kappa shape index (κ1) is 25.1. The summed E-state index contributed by atoms with van der Waals surface area (Å²) in [6.07, 6.45) is 4.32. The summed E-state index contributed by atoms with van der Waals surface area (Å²) in [5, 5.41) is 25.5. The van der Waals surface area contributed by atoms with Gasteiger partial charge < -0.3 is 15.4 Å². The van der Waals surface area contributed by atoms with E-state index >= 15 is 0 Å². The fourth-order valence-electron chi connectivity index (χ4n) is 3.48. The molecule has 0 unspecified atom stereocenters. The smallest absolute Gasteiger partial charge is 0.266 e. The van der Waals surface area contributed by atoms with Gasteiger partial charge in [-0.05, 0) is 49.4 Å². The number of fused-ring (bicyclic) bond motifs is 1. The molecule has 0 fully saturated rings. The number of hydrogen-bond donors (Lipinski definition) is 2. The van der Waals surface area contributed by atoms with Crippen molar-refractivity contribution in [2.24, 2.45) is 0 Å². The van der Waals surface area contributed by atoms with Gasteiger partial charge in [-0.2, -0.15) is 10.5 Å². The van der Waals surface area contributed by atoms with Gasteiger partial charge in [0.15, 0.2) is 0 Å². The van der Waals surface area contributed by atoms with Crippen LogP contribution in [0.4, 0.5) is 21.5 Å². The first-order chi connectivity index (χ1) is 17.9. The van der Waals surface area contributed by atoms with Gasteiger partial charge in [0.2, 0.25) is 0 Å². The number of nitriles is 2. The molecular weight excluding hydrogens is 495 g/mol. The molecule has 4 rings (SSSR count). The molecule has 8 nitrogen and oxygen atoms in total. The van der Waals surface area contributed by atoms with Crippen molar-refractivity contribution in [2.45, 2.75) is 6.92 Å². The third-order valence-corrected chi connectivity index (χ3v) is 5.46. The van der Waals surface area contributed by atoms with E-state index in [-0.39, 0.29) is 21.8 Å². The number of nitrogens with zero attached hydrogens (tertiary/aromatic N) is 4. The highest BCUT2D eigenvalue weighted by atomic mass is 35.5. The Hall–Kier alpha value is -4.99. The molecule has 0 aliphatic rings. The molecule has 10 heteroatoms. The number of carbonyl (C=O) groups is 1. The van der Waals surface area contributed by atoms with Gasteiger partial charge in [-0.1, -0.05) is 17.7 Å². The number of benzene rings is 2. The summed E-state index contributed by atoms with van der Waals surface area (Å²) in [5.74, 6) is -0.921. The molecule has 0 bridgehead atoms. The molecule has 2 N–H and O–H groups in total. The molecule has 2 aromatic heterocycles. The van der Waals surface area contributed by atoms with Crippen LogP contribution in [-0.4, -0.2) is 22.5 Å². The van der Waals surface area contributed by atoms with Crippen molar-refractivity contribution in [1.82, 2.24) is 9.97 Å². The van der Waals surface area contributed by atoms with Crippen LogP contribution in [0.2, 0.25) is 5.02 Å². The summed E-state index contributed by atoms with van der Waals surface area (Å²) in [6, 6.07) is 16.4. The maximum absolute atomic E-state index is 13.7. The van der Waals surface area contributed by atoms with Crippen LogP contribution in [0.3, 0.4) is 0 Å². The number of hydrogen-bond acceptors (Lipinski definition) is 7. The summed E-state index contributed by atoms with van der Waals surface area (Å²) in [7, 11) is 0. The van der Waals surface area contributed by atoms with Crippen LogP contribution >= 0.6 is 11.6 Å². The van der Waals surface area contributed by atoms with Crippen LogP contribution in [0.25, 0.3) is 17.0 Å². The molecule has 2 aromatic carbocycles. The van der Waals surface area contributed by atoms with E-state index < -0.39 is 11.7 Å². The van der Waals surface area contributed by atoms with Crippen LogP contribution in [0, 0.1) is 28.5 Å². The van der Waals surface area contributed by atoms with E-state index in [4.69, 9.17) is 16.3 Å².